The zero-order chi connectivity index (χ0) is 24.9. The summed E-state index contributed by atoms with van der Waals surface area (Å²) >= 11 is 1.31. The zero-order valence-electron chi connectivity index (χ0n) is 20.2. The van der Waals surface area contributed by atoms with Gasteiger partial charge < -0.3 is 5.32 Å². The van der Waals surface area contributed by atoms with Crippen LogP contribution in [-0.4, -0.2) is 25.4 Å². The smallest absolute Gasteiger partial charge is 0.280 e. The van der Waals surface area contributed by atoms with Gasteiger partial charge in [-0.15, -0.1) is 0 Å². The molecule has 0 radical (unpaired) electrons. The third kappa shape index (κ3) is 4.10. The Kier molecular flexibility index (Phi) is 5.68. The average molecular weight is 484 g/mol. The minimum Gasteiger partial charge on any atom is -0.300 e. The number of amidine groups is 1. The molecular formula is C27H25N5O2S. The number of para-hydroxylation sites is 1. The number of amides is 1. The molecule has 3 heterocycles. The first-order chi connectivity index (χ1) is 16.7. The van der Waals surface area contributed by atoms with Crippen molar-refractivity contribution in [1.29, 1.82) is 0 Å². The highest BCUT2D eigenvalue weighted by molar-refractivity contribution is 8.18. The highest BCUT2D eigenvalue weighted by Crippen LogP contribution is 2.30. The maximum atomic E-state index is 13.3. The fraction of sp³-hybridized carbons (Fsp3) is 0.185. The Bertz CT molecular complexity index is 1640. The van der Waals surface area contributed by atoms with Crippen molar-refractivity contribution in [2.75, 3.05) is 0 Å². The van der Waals surface area contributed by atoms with Crippen LogP contribution in [0.3, 0.4) is 0 Å². The minimum atomic E-state index is -0.192. The lowest BCUT2D eigenvalue weighted by Crippen LogP contribution is -2.30. The van der Waals surface area contributed by atoms with Crippen LogP contribution in [0, 0.1) is 34.6 Å². The molecule has 0 aliphatic carbocycles. The summed E-state index contributed by atoms with van der Waals surface area (Å²) in [7, 11) is 0. The lowest BCUT2D eigenvalue weighted by Gasteiger charge is -2.16. The highest BCUT2D eigenvalue weighted by Gasteiger charge is 2.25. The standard InChI is InChI=1S/C27H25N5O2S/c1-15-10-11-21(12-16(15)2)29-27-30-25(33)24(35-27)14-20-13-17(3)31(18(20)4)32-19(5)28-23-9-7-6-8-22(23)26(32)34/h6-14H,1-5H3,(H,29,30,33). The zero-order valence-corrected chi connectivity index (χ0v) is 21.0. The van der Waals surface area contributed by atoms with Gasteiger partial charge in [-0.25, -0.2) is 9.98 Å². The molecule has 0 spiro atoms. The van der Waals surface area contributed by atoms with Gasteiger partial charge in [0.05, 0.1) is 21.5 Å². The SMILES string of the molecule is Cc1ccc(N=C2NC(=O)C(=Cc3cc(C)n(-n4c(C)nc5ccccc5c4=O)c3C)S2)cc1C. The van der Waals surface area contributed by atoms with E-state index in [4.69, 9.17) is 0 Å². The molecule has 1 aliphatic heterocycles. The van der Waals surface area contributed by atoms with Gasteiger partial charge in [-0.05, 0) is 99.5 Å². The van der Waals surface area contributed by atoms with E-state index < -0.39 is 0 Å². The van der Waals surface area contributed by atoms with Gasteiger partial charge in [0, 0.05) is 11.4 Å². The first-order valence-corrected chi connectivity index (χ1v) is 12.1. The molecule has 8 heteroatoms. The van der Waals surface area contributed by atoms with Crippen molar-refractivity contribution >= 4 is 45.5 Å². The van der Waals surface area contributed by atoms with E-state index in [1.165, 1.54) is 17.3 Å². The Labute approximate surface area is 207 Å². The second kappa shape index (κ2) is 8.70. The largest absolute Gasteiger partial charge is 0.300 e. The quantitative estimate of drug-likeness (QED) is 0.419. The monoisotopic (exact) mass is 483 g/mol. The summed E-state index contributed by atoms with van der Waals surface area (Å²) in [5, 5.41) is 3.96. The predicted molar refractivity (Wildman–Crippen MR) is 142 cm³/mol. The van der Waals surface area contributed by atoms with Gasteiger partial charge in [0.15, 0.2) is 5.17 Å². The number of hydrogen-bond donors (Lipinski definition) is 1. The molecule has 35 heavy (non-hydrogen) atoms. The summed E-state index contributed by atoms with van der Waals surface area (Å²) in [6, 6.07) is 15.3. The van der Waals surface area contributed by atoms with E-state index in [-0.39, 0.29) is 11.5 Å². The fourth-order valence-electron chi connectivity index (χ4n) is 4.24. The van der Waals surface area contributed by atoms with E-state index >= 15 is 0 Å². The lowest BCUT2D eigenvalue weighted by atomic mass is 10.1. The van der Waals surface area contributed by atoms with Gasteiger partial charge in [-0.3, -0.25) is 14.3 Å². The van der Waals surface area contributed by atoms with Crippen LogP contribution in [0.15, 0.2) is 63.2 Å². The molecule has 5 rings (SSSR count). The van der Waals surface area contributed by atoms with Crippen molar-refractivity contribution in [1.82, 2.24) is 19.7 Å². The summed E-state index contributed by atoms with van der Waals surface area (Å²) in [5.41, 5.74) is 6.24. The van der Waals surface area contributed by atoms with Gasteiger partial charge in [0.1, 0.15) is 5.82 Å². The van der Waals surface area contributed by atoms with Crippen LogP contribution >= 0.6 is 11.8 Å². The summed E-state index contributed by atoms with van der Waals surface area (Å²) in [6.07, 6.45) is 1.84. The molecule has 1 amide bonds. The number of carbonyl (C=O) groups excluding carboxylic acids is 1. The van der Waals surface area contributed by atoms with Gasteiger partial charge in [-0.2, -0.15) is 4.68 Å². The number of rotatable bonds is 3. The number of aryl methyl sites for hydroxylation is 4. The van der Waals surface area contributed by atoms with Gasteiger partial charge in [-0.1, -0.05) is 18.2 Å². The Morgan fingerprint density at radius 1 is 0.943 bits per heavy atom. The highest BCUT2D eigenvalue weighted by atomic mass is 32.2. The third-order valence-corrected chi connectivity index (χ3v) is 7.12. The van der Waals surface area contributed by atoms with Crippen LogP contribution in [0.4, 0.5) is 5.69 Å². The molecule has 176 valence electrons. The van der Waals surface area contributed by atoms with E-state index in [2.05, 4.69) is 22.2 Å². The van der Waals surface area contributed by atoms with Crippen molar-refractivity contribution in [2.45, 2.75) is 34.6 Å². The van der Waals surface area contributed by atoms with E-state index in [1.54, 1.807) is 10.7 Å². The van der Waals surface area contributed by atoms with Crippen LogP contribution in [0.25, 0.3) is 17.0 Å². The van der Waals surface area contributed by atoms with E-state index in [0.29, 0.717) is 26.8 Å². The number of aliphatic imine (C=N–C) groups is 1. The molecule has 0 atom stereocenters. The number of benzene rings is 2. The Morgan fingerprint density at radius 3 is 2.49 bits per heavy atom. The van der Waals surface area contributed by atoms with Gasteiger partial charge in [0.2, 0.25) is 0 Å². The average Bonchev–Trinajstić information content (AvgIpc) is 3.29. The number of hydrogen-bond acceptors (Lipinski definition) is 5. The first-order valence-electron chi connectivity index (χ1n) is 11.3. The first kappa shape index (κ1) is 22.9. The molecule has 1 fully saturated rings. The van der Waals surface area contributed by atoms with Gasteiger partial charge in [0.25, 0.3) is 11.5 Å². The summed E-state index contributed by atoms with van der Waals surface area (Å²) in [5.74, 6) is 0.397. The topological polar surface area (TPSA) is 81.3 Å². The third-order valence-electron chi connectivity index (χ3n) is 6.21. The lowest BCUT2D eigenvalue weighted by molar-refractivity contribution is -0.115. The van der Waals surface area contributed by atoms with Crippen molar-refractivity contribution in [2.24, 2.45) is 4.99 Å². The van der Waals surface area contributed by atoms with E-state index in [9.17, 15) is 9.59 Å². The molecule has 1 N–H and O–H groups in total. The second-order valence-corrected chi connectivity index (χ2v) is 9.71. The van der Waals surface area contributed by atoms with Gasteiger partial charge >= 0.3 is 0 Å². The number of nitrogens with zero attached hydrogens (tertiary/aromatic N) is 4. The van der Waals surface area contributed by atoms with Crippen LogP contribution in [0.2, 0.25) is 0 Å². The number of carbonyl (C=O) groups is 1. The summed E-state index contributed by atoms with van der Waals surface area (Å²) < 4.78 is 3.44. The molecule has 0 saturated carbocycles. The van der Waals surface area contributed by atoms with Crippen LogP contribution < -0.4 is 10.9 Å². The summed E-state index contributed by atoms with van der Waals surface area (Å²) in [4.78, 5) is 35.8. The summed E-state index contributed by atoms with van der Waals surface area (Å²) in [6.45, 7) is 9.78. The molecule has 1 saturated heterocycles. The van der Waals surface area contributed by atoms with E-state index in [0.717, 1.165) is 28.2 Å². The van der Waals surface area contributed by atoms with Crippen LogP contribution in [0.5, 0.6) is 0 Å². The van der Waals surface area contributed by atoms with E-state index in [1.807, 2.05) is 80.9 Å². The second-order valence-electron chi connectivity index (χ2n) is 8.68. The maximum absolute atomic E-state index is 13.3. The van der Waals surface area contributed by atoms with Crippen molar-refractivity contribution < 1.29 is 4.79 Å². The molecule has 4 aromatic rings. The van der Waals surface area contributed by atoms with Crippen LogP contribution in [-0.2, 0) is 4.79 Å². The number of aromatic nitrogens is 3. The fourth-order valence-corrected chi connectivity index (χ4v) is 5.07. The molecule has 0 bridgehead atoms. The number of nitrogens with one attached hydrogen (secondary N) is 1. The van der Waals surface area contributed by atoms with Crippen LogP contribution in [0.1, 0.15) is 33.9 Å². The molecule has 2 aromatic heterocycles. The Balaban J connectivity index is 1.53. The number of thioether (sulfide) groups is 1. The minimum absolute atomic E-state index is 0.134. The number of fused-ring (bicyclic) bond motifs is 1. The van der Waals surface area contributed by atoms with Crippen molar-refractivity contribution in [3.8, 4) is 0 Å². The Hall–Kier alpha value is -3.91. The van der Waals surface area contributed by atoms with Crippen molar-refractivity contribution in [3.05, 3.63) is 97.7 Å². The van der Waals surface area contributed by atoms with Crippen molar-refractivity contribution in [3.63, 3.8) is 0 Å². The molecule has 2 aromatic carbocycles. The molecule has 0 unspecified atom stereocenters. The molecule has 1 aliphatic rings. The Morgan fingerprint density at radius 2 is 1.71 bits per heavy atom. The normalized spacial score (nSPS) is 16.0. The predicted octanol–water partition coefficient (Wildman–Crippen LogP) is 4.94. The maximum Gasteiger partial charge on any atom is 0.280 e. The molecular weight excluding hydrogens is 458 g/mol. The molecule has 7 nitrogen and oxygen atoms in total.